The zero-order valence-corrected chi connectivity index (χ0v) is 10.2. The minimum Gasteiger partial charge on any atom is -0.396 e. The van der Waals surface area contributed by atoms with Crippen LogP contribution in [0.2, 0.25) is 0 Å². The van der Waals surface area contributed by atoms with Crippen LogP contribution in [0.25, 0.3) is 0 Å². The van der Waals surface area contributed by atoms with Gasteiger partial charge in [-0.15, -0.1) is 0 Å². The van der Waals surface area contributed by atoms with Gasteiger partial charge in [-0.1, -0.05) is 6.42 Å². The number of nitro groups is 1. The Morgan fingerprint density at radius 1 is 1.63 bits per heavy atom. The number of pyridine rings is 1. The molecule has 2 rings (SSSR count). The Labute approximate surface area is 110 Å². The molecule has 100 valence electrons. The molecule has 7 nitrogen and oxygen atoms in total. The summed E-state index contributed by atoms with van der Waals surface area (Å²) in [5, 5.41) is 32.2. The first-order valence-electron chi connectivity index (χ1n) is 6.08. The summed E-state index contributed by atoms with van der Waals surface area (Å²) in [4.78, 5) is 14.4. The van der Waals surface area contributed by atoms with Crippen LogP contribution in [0.1, 0.15) is 24.8 Å². The minimum atomic E-state index is -0.600. The van der Waals surface area contributed by atoms with Gasteiger partial charge in [-0.2, -0.15) is 5.26 Å². The zero-order chi connectivity index (χ0) is 13.8. The summed E-state index contributed by atoms with van der Waals surface area (Å²) in [5.74, 6) is 0.182. The number of hydrogen-bond acceptors (Lipinski definition) is 6. The van der Waals surface area contributed by atoms with Gasteiger partial charge in [0.15, 0.2) is 0 Å². The first-order chi connectivity index (χ1) is 9.17. The molecule has 2 unspecified atom stereocenters. The van der Waals surface area contributed by atoms with Crippen LogP contribution in [0, 0.1) is 27.4 Å². The molecule has 1 fully saturated rings. The number of nitrogens with zero attached hydrogens (tertiary/aromatic N) is 3. The van der Waals surface area contributed by atoms with E-state index >= 15 is 0 Å². The Hall–Kier alpha value is -2.20. The average molecular weight is 262 g/mol. The molecule has 19 heavy (non-hydrogen) atoms. The van der Waals surface area contributed by atoms with Crippen LogP contribution in [0.4, 0.5) is 11.5 Å². The summed E-state index contributed by atoms with van der Waals surface area (Å²) in [5.41, 5.74) is -0.311. The largest absolute Gasteiger partial charge is 0.396 e. The highest BCUT2D eigenvalue weighted by Crippen LogP contribution is 2.32. The normalized spacial score (nSPS) is 21.9. The lowest BCUT2D eigenvalue weighted by molar-refractivity contribution is -0.384. The standard InChI is InChI=1S/C12H14N4O3/c13-6-8-4-5-14-12(11(8)16(18)19)15-10-3-1-2-9(10)7-17/h4-5,9-10,17H,1-3,7H2,(H,14,15). The molecule has 7 heteroatoms. The predicted octanol–water partition coefficient (Wildman–Crippen LogP) is 1.43. The van der Waals surface area contributed by atoms with E-state index in [2.05, 4.69) is 10.3 Å². The first kappa shape index (κ1) is 13.2. The molecular weight excluding hydrogens is 248 g/mol. The van der Waals surface area contributed by atoms with E-state index in [0.717, 1.165) is 19.3 Å². The molecular formula is C12H14N4O3. The van der Waals surface area contributed by atoms with E-state index in [0.29, 0.717) is 0 Å². The molecule has 0 bridgehead atoms. The number of aromatic nitrogens is 1. The highest BCUT2D eigenvalue weighted by Gasteiger charge is 2.30. The van der Waals surface area contributed by atoms with Gasteiger partial charge < -0.3 is 10.4 Å². The van der Waals surface area contributed by atoms with Crippen LogP contribution in [0.5, 0.6) is 0 Å². The number of hydrogen-bond donors (Lipinski definition) is 2. The number of nitrogens with one attached hydrogen (secondary N) is 1. The van der Waals surface area contributed by atoms with E-state index in [1.807, 2.05) is 0 Å². The second-order valence-electron chi connectivity index (χ2n) is 4.55. The monoisotopic (exact) mass is 262 g/mol. The summed E-state index contributed by atoms with van der Waals surface area (Å²) in [7, 11) is 0. The van der Waals surface area contributed by atoms with Gasteiger partial charge in [0.1, 0.15) is 11.6 Å². The molecule has 1 heterocycles. The third-order valence-electron chi connectivity index (χ3n) is 3.44. The van der Waals surface area contributed by atoms with Gasteiger partial charge in [-0.05, 0) is 18.9 Å². The lowest BCUT2D eigenvalue weighted by atomic mass is 10.0. The topological polar surface area (TPSA) is 112 Å². The lowest BCUT2D eigenvalue weighted by Gasteiger charge is -2.19. The van der Waals surface area contributed by atoms with Crippen molar-refractivity contribution in [1.82, 2.24) is 4.98 Å². The smallest absolute Gasteiger partial charge is 0.328 e. The number of nitriles is 1. The zero-order valence-electron chi connectivity index (χ0n) is 10.2. The molecule has 0 aromatic carbocycles. The van der Waals surface area contributed by atoms with Crippen LogP contribution in [0.15, 0.2) is 12.3 Å². The maximum absolute atomic E-state index is 11.1. The number of aliphatic hydroxyl groups is 1. The summed E-state index contributed by atoms with van der Waals surface area (Å²) in [6.45, 7) is 0.0450. The van der Waals surface area contributed by atoms with E-state index in [-0.39, 0.29) is 35.6 Å². The SMILES string of the molecule is N#Cc1ccnc(NC2CCCC2CO)c1[N+](=O)[O-]. The molecule has 0 saturated heterocycles. The molecule has 2 N–H and O–H groups in total. The quantitative estimate of drug-likeness (QED) is 0.627. The maximum atomic E-state index is 11.1. The molecule has 0 radical (unpaired) electrons. The summed E-state index contributed by atoms with van der Waals surface area (Å²) < 4.78 is 0. The van der Waals surface area contributed by atoms with Crippen molar-refractivity contribution < 1.29 is 10.0 Å². The highest BCUT2D eigenvalue weighted by molar-refractivity contribution is 5.64. The number of aliphatic hydroxyl groups excluding tert-OH is 1. The molecule has 0 spiro atoms. The van der Waals surface area contributed by atoms with Gasteiger partial charge in [-0.3, -0.25) is 10.1 Å². The lowest BCUT2D eigenvalue weighted by Crippen LogP contribution is -2.27. The molecule has 1 aromatic heterocycles. The van der Waals surface area contributed by atoms with Gasteiger partial charge in [-0.25, -0.2) is 4.98 Å². The fourth-order valence-electron chi connectivity index (χ4n) is 2.46. The van der Waals surface area contributed by atoms with Crippen LogP contribution in [-0.4, -0.2) is 27.7 Å². The molecule has 0 amide bonds. The second kappa shape index (κ2) is 5.63. The molecule has 1 aromatic rings. The van der Waals surface area contributed by atoms with E-state index in [1.54, 1.807) is 6.07 Å². The third kappa shape index (κ3) is 2.63. The molecule has 1 aliphatic carbocycles. The van der Waals surface area contributed by atoms with Gasteiger partial charge in [0, 0.05) is 24.8 Å². The minimum absolute atomic E-state index is 0.0129. The molecule has 0 aliphatic heterocycles. The van der Waals surface area contributed by atoms with Crippen molar-refractivity contribution >= 4 is 11.5 Å². The van der Waals surface area contributed by atoms with Crippen LogP contribution in [-0.2, 0) is 0 Å². The Morgan fingerprint density at radius 2 is 2.42 bits per heavy atom. The van der Waals surface area contributed by atoms with E-state index in [4.69, 9.17) is 5.26 Å². The van der Waals surface area contributed by atoms with E-state index in [9.17, 15) is 15.2 Å². The Balaban J connectivity index is 2.30. The Kier molecular flexibility index (Phi) is 3.92. The van der Waals surface area contributed by atoms with Crippen molar-refractivity contribution in [3.05, 3.63) is 27.9 Å². The van der Waals surface area contributed by atoms with Crippen LogP contribution < -0.4 is 5.32 Å². The van der Waals surface area contributed by atoms with Crippen molar-refractivity contribution in [2.75, 3.05) is 11.9 Å². The highest BCUT2D eigenvalue weighted by atomic mass is 16.6. The van der Waals surface area contributed by atoms with Crippen molar-refractivity contribution in [2.45, 2.75) is 25.3 Å². The van der Waals surface area contributed by atoms with Crippen molar-refractivity contribution in [1.29, 1.82) is 5.26 Å². The average Bonchev–Trinajstić information content (AvgIpc) is 2.85. The Bertz CT molecular complexity index is 526. The summed E-state index contributed by atoms with van der Waals surface area (Å²) in [6.07, 6.45) is 4.06. The van der Waals surface area contributed by atoms with Gasteiger partial charge in [0.25, 0.3) is 0 Å². The molecule has 1 saturated carbocycles. The first-order valence-corrected chi connectivity index (χ1v) is 6.08. The van der Waals surface area contributed by atoms with Gasteiger partial charge >= 0.3 is 5.69 Å². The van der Waals surface area contributed by atoms with Gasteiger partial charge in [0.2, 0.25) is 5.82 Å². The fourth-order valence-corrected chi connectivity index (χ4v) is 2.46. The molecule has 1 aliphatic rings. The fraction of sp³-hybridized carbons (Fsp3) is 0.500. The van der Waals surface area contributed by atoms with Crippen LogP contribution in [0.3, 0.4) is 0 Å². The third-order valence-corrected chi connectivity index (χ3v) is 3.44. The number of rotatable bonds is 4. The van der Waals surface area contributed by atoms with Crippen molar-refractivity contribution in [3.63, 3.8) is 0 Å². The Morgan fingerprint density at radius 3 is 3.05 bits per heavy atom. The summed E-state index contributed by atoms with van der Waals surface area (Å²) in [6, 6.07) is 3.08. The number of anilines is 1. The predicted molar refractivity (Wildman–Crippen MR) is 67.4 cm³/mol. The van der Waals surface area contributed by atoms with Crippen molar-refractivity contribution in [2.24, 2.45) is 5.92 Å². The van der Waals surface area contributed by atoms with E-state index in [1.165, 1.54) is 12.3 Å². The van der Waals surface area contributed by atoms with Crippen LogP contribution >= 0.6 is 0 Å². The summed E-state index contributed by atoms with van der Waals surface area (Å²) >= 11 is 0. The maximum Gasteiger partial charge on any atom is 0.328 e. The molecule has 2 atom stereocenters. The van der Waals surface area contributed by atoms with E-state index < -0.39 is 4.92 Å². The van der Waals surface area contributed by atoms with Crippen molar-refractivity contribution in [3.8, 4) is 6.07 Å². The second-order valence-corrected chi connectivity index (χ2v) is 4.55. The van der Waals surface area contributed by atoms with Gasteiger partial charge in [0.05, 0.1) is 4.92 Å².